The van der Waals surface area contributed by atoms with Gasteiger partial charge < -0.3 is 4.74 Å². The Kier molecular flexibility index (Phi) is 5.87. The third kappa shape index (κ3) is 8.44. The van der Waals surface area contributed by atoms with E-state index in [4.69, 9.17) is 17.0 Å². The summed E-state index contributed by atoms with van der Waals surface area (Å²) in [7, 11) is 1.52. The summed E-state index contributed by atoms with van der Waals surface area (Å²) in [5.41, 5.74) is 5.51. The van der Waals surface area contributed by atoms with E-state index in [1.807, 2.05) is 13.8 Å². The van der Waals surface area contributed by atoms with Crippen molar-refractivity contribution < 1.29 is 9.53 Å². The van der Waals surface area contributed by atoms with Crippen LogP contribution < -0.4 is 10.9 Å². The maximum atomic E-state index is 11.6. The lowest BCUT2D eigenvalue weighted by Crippen LogP contribution is -2.48. The van der Waals surface area contributed by atoms with Gasteiger partial charge in [-0.2, -0.15) is 5.10 Å². The van der Waals surface area contributed by atoms with Crippen LogP contribution in [0.2, 0.25) is 0 Å². The number of carbonyl (C=O) groups excluding carboxylic acids is 1. The zero-order valence-electron chi connectivity index (χ0n) is 11.1. The molecule has 0 bridgehead atoms. The Bertz CT molecular complexity index is 319. The summed E-state index contributed by atoms with van der Waals surface area (Å²) < 4.78 is 5.13. The monoisotopic (exact) mass is 260 g/mol. The molecule has 1 amide bonds. The summed E-state index contributed by atoms with van der Waals surface area (Å²) in [6.07, 6.45) is -0.515. The molecule has 2 N–H and O–H groups in total. The Morgan fingerprint density at radius 2 is 1.88 bits per heavy atom. The molecule has 0 aromatic heterocycles. The predicted molar refractivity (Wildman–Crippen MR) is 71.6 cm³/mol. The van der Waals surface area contributed by atoms with Crippen molar-refractivity contribution in [1.29, 1.82) is 0 Å². The number of amides is 1. The van der Waals surface area contributed by atoms with Crippen molar-refractivity contribution in [2.75, 3.05) is 7.05 Å². The van der Waals surface area contributed by atoms with Gasteiger partial charge in [-0.15, -0.1) is 0 Å². The zero-order valence-corrected chi connectivity index (χ0v) is 11.9. The molecule has 0 saturated heterocycles. The van der Waals surface area contributed by atoms with Gasteiger partial charge >= 0.3 is 6.09 Å². The van der Waals surface area contributed by atoms with E-state index in [9.17, 15) is 4.79 Å². The van der Waals surface area contributed by atoms with Crippen LogP contribution >= 0.6 is 12.2 Å². The molecule has 0 atom stereocenters. The van der Waals surface area contributed by atoms with Gasteiger partial charge in [-0.1, -0.05) is 0 Å². The van der Waals surface area contributed by atoms with E-state index in [1.165, 1.54) is 7.05 Å². The largest absolute Gasteiger partial charge is 0.442 e. The molecule has 0 unspecified atom stereocenters. The van der Waals surface area contributed by atoms with Gasteiger partial charge in [0.05, 0.1) is 0 Å². The number of rotatable bonds is 1. The normalized spacial score (nSPS) is 10.2. The van der Waals surface area contributed by atoms with Crippen molar-refractivity contribution >= 4 is 29.1 Å². The Balaban J connectivity index is 4.17. The van der Waals surface area contributed by atoms with Crippen molar-refractivity contribution in [2.24, 2.45) is 5.10 Å². The average molecular weight is 260 g/mol. The van der Waals surface area contributed by atoms with Crippen molar-refractivity contribution in [3.05, 3.63) is 0 Å². The molecule has 6 nitrogen and oxygen atoms in total. The van der Waals surface area contributed by atoms with E-state index >= 15 is 0 Å². The first-order chi connectivity index (χ1) is 7.61. The number of ether oxygens (including phenoxy) is 1. The number of hydrazine groups is 1. The third-order valence-electron chi connectivity index (χ3n) is 1.32. The first-order valence-corrected chi connectivity index (χ1v) is 5.57. The highest BCUT2D eigenvalue weighted by Gasteiger charge is 2.19. The van der Waals surface area contributed by atoms with Crippen LogP contribution in [0.25, 0.3) is 0 Å². The molecule has 0 aromatic carbocycles. The molecule has 0 rings (SSSR count). The zero-order chi connectivity index (χ0) is 13.6. The summed E-state index contributed by atoms with van der Waals surface area (Å²) >= 11 is 4.93. The Morgan fingerprint density at radius 3 is 2.29 bits per heavy atom. The van der Waals surface area contributed by atoms with Crippen LogP contribution in [0.3, 0.4) is 0 Å². The first-order valence-electron chi connectivity index (χ1n) is 5.16. The summed E-state index contributed by atoms with van der Waals surface area (Å²) in [6, 6.07) is 0. The molecular formula is C10H20N4O2S. The van der Waals surface area contributed by atoms with E-state index < -0.39 is 11.7 Å². The predicted octanol–water partition coefficient (Wildman–Crippen LogP) is 1.63. The molecule has 0 aliphatic heterocycles. The van der Waals surface area contributed by atoms with E-state index in [-0.39, 0.29) is 5.11 Å². The summed E-state index contributed by atoms with van der Waals surface area (Å²) in [6.45, 7) is 9.03. The van der Waals surface area contributed by atoms with Crippen molar-refractivity contribution in [3.63, 3.8) is 0 Å². The minimum Gasteiger partial charge on any atom is -0.442 e. The molecule has 0 aliphatic rings. The SMILES string of the molecule is CC(C)=NNC(=S)NN(C)C(=O)OC(C)(C)C. The van der Waals surface area contributed by atoms with E-state index in [0.29, 0.717) is 0 Å². The van der Waals surface area contributed by atoms with E-state index in [2.05, 4.69) is 16.0 Å². The molecule has 0 aromatic rings. The molecule has 0 fully saturated rings. The second-order valence-electron chi connectivity index (χ2n) is 4.65. The van der Waals surface area contributed by atoms with Crippen LogP contribution in [0.5, 0.6) is 0 Å². The maximum absolute atomic E-state index is 11.6. The fourth-order valence-corrected chi connectivity index (χ4v) is 0.899. The van der Waals surface area contributed by atoms with Crippen LogP contribution in [0.1, 0.15) is 34.6 Å². The second-order valence-corrected chi connectivity index (χ2v) is 5.06. The van der Waals surface area contributed by atoms with Gasteiger partial charge in [0.25, 0.3) is 0 Å². The van der Waals surface area contributed by atoms with Crippen LogP contribution in [0, 0.1) is 0 Å². The highest BCUT2D eigenvalue weighted by Crippen LogP contribution is 2.07. The summed E-state index contributed by atoms with van der Waals surface area (Å²) in [5, 5.41) is 5.27. The molecule has 0 radical (unpaired) electrons. The van der Waals surface area contributed by atoms with E-state index in [0.717, 1.165) is 10.7 Å². The standard InChI is InChI=1S/C10H20N4O2S/c1-7(2)11-12-8(17)13-14(6)9(15)16-10(3,4)5/h1-6H3,(H2,12,13,17). The van der Waals surface area contributed by atoms with Gasteiger partial charge in [-0.05, 0) is 46.8 Å². The Hall–Kier alpha value is -1.37. The van der Waals surface area contributed by atoms with Crippen molar-refractivity contribution in [1.82, 2.24) is 15.9 Å². The molecule has 0 spiro atoms. The van der Waals surface area contributed by atoms with Crippen LogP contribution in [-0.2, 0) is 4.74 Å². The fourth-order valence-electron chi connectivity index (χ4n) is 0.716. The molecule has 17 heavy (non-hydrogen) atoms. The van der Waals surface area contributed by atoms with Crippen molar-refractivity contribution in [2.45, 2.75) is 40.2 Å². The topological polar surface area (TPSA) is 66.0 Å². The van der Waals surface area contributed by atoms with Gasteiger partial charge in [0, 0.05) is 12.8 Å². The van der Waals surface area contributed by atoms with Crippen molar-refractivity contribution in [3.8, 4) is 0 Å². The fraction of sp³-hybridized carbons (Fsp3) is 0.700. The molecule has 0 heterocycles. The number of carbonyl (C=O) groups is 1. The van der Waals surface area contributed by atoms with Gasteiger partial charge in [0.15, 0.2) is 0 Å². The minimum absolute atomic E-state index is 0.222. The average Bonchev–Trinajstić information content (AvgIpc) is 2.11. The molecular weight excluding hydrogens is 240 g/mol. The van der Waals surface area contributed by atoms with Crippen LogP contribution in [0.4, 0.5) is 4.79 Å². The molecule has 0 saturated carbocycles. The maximum Gasteiger partial charge on any atom is 0.428 e. The molecule has 7 heteroatoms. The lowest BCUT2D eigenvalue weighted by molar-refractivity contribution is 0.0250. The Labute approximate surface area is 107 Å². The van der Waals surface area contributed by atoms with E-state index in [1.54, 1.807) is 20.8 Å². The van der Waals surface area contributed by atoms with Gasteiger partial charge in [0.1, 0.15) is 5.60 Å². The summed E-state index contributed by atoms with van der Waals surface area (Å²) in [5.74, 6) is 0. The smallest absolute Gasteiger partial charge is 0.428 e. The number of nitrogens with one attached hydrogen (secondary N) is 2. The highest BCUT2D eigenvalue weighted by molar-refractivity contribution is 7.80. The number of nitrogens with zero attached hydrogens (tertiary/aromatic N) is 2. The molecule has 0 aliphatic carbocycles. The second kappa shape index (κ2) is 6.39. The van der Waals surface area contributed by atoms with Gasteiger partial charge in [-0.25, -0.2) is 9.80 Å². The van der Waals surface area contributed by atoms with Crippen LogP contribution in [-0.4, -0.2) is 34.6 Å². The van der Waals surface area contributed by atoms with Gasteiger partial charge in [0.2, 0.25) is 5.11 Å². The Morgan fingerprint density at radius 1 is 1.35 bits per heavy atom. The third-order valence-corrected chi connectivity index (χ3v) is 1.50. The van der Waals surface area contributed by atoms with Crippen LogP contribution in [0.15, 0.2) is 5.10 Å². The number of hydrazone groups is 1. The quantitative estimate of drug-likeness (QED) is 0.426. The van der Waals surface area contributed by atoms with Gasteiger partial charge in [-0.3, -0.25) is 10.9 Å². The highest BCUT2D eigenvalue weighted by atomic mass is 32.1. The summed E-state index contributed by atoms with van der Waals surface area (Å²) in [4.78, 5) is 11.6. The number of hydrogen-bond donors (Lipinski definition) is 2. The number of hydrogen-bond acceptors (Lipinski definition) is 4. The lowest BCUT2D eigenvalue weighted by Gasteiger charge is -2.25. The minimum atomic E-state index is -0.541. The molecule has 98 valence electrons. The first kappa shape index (κ1) is 15.6. The number of thiocarbonyl (C=S) groups is 1. The lowest BCUT2D eigenvalue weighted by atomic mass is 10.2.